The summed E-state index contributed by atoms with van der Waals surface area (Å²) in [5.74, 6) is 0. The normalized spacial score (nSPS) is 11.7. The van der Waals surface area contributed by atoms with Crippen LogP contribution in [-0.4, -0.2) is 8.42 Å². The van der Waals surface area contributed by atoms with E-state index in [0.717, 1.165) is 11.0 Å². The van der Waals surface area contributed by atoms with Crippen LogP contribution in [0.5, 0.6) is 0 Å². The smallest absolute Gasteiger partial charge is 0.255 e. The fraction of sp³-hybridized carbons (Fsp3) is 0. The molecule has 104 valence electrons. The second-order valence-electron chi connectivity index (χ2n) is 4.02. The summed E-state index contributed by atoms with van der Waals surface area (Å²) in [6.45, 7) is 0. The highest BCUT2D eigenvalue weighted by atomic mass is 35.5. The molecule has 2 aromatic rings. The van der Waals surface area contributed by atoms with Gasteiger partial charge in [0.2, 0.25) is 0 Å². The lowest BCUT2D eigenvalue weighted by atomic mass is 10.2. The van der Waals surface area contributed by atoms with Crippen molar-refractivity contribution in [3.63, 3.8) is 0 Å². The second-order valence-corrected chi connectivity index (χ2v) is 6.46. The van der Waals surface area contributed by atoms with Crippen LogP contribution in [0.15, 0.2) is 53.9 Å². The molecular formula is C14H11Cl2NO2S. The average Bonchev–Trinajstić information content (AvgIpc) is 2.36. The van der Waals surface area contributed by atoms with E-state index in [9.17, 15) is 8.42 Å². The molecule has 3 nitrogen and oxygen atoms in total. The Morgan fingerprint density at radius 2 is 1.55 bits per heavy atom. The Labute approximate surface area is 127 Å². The van der Waals surface area contributed by atoms with E-state index in [2.05, 4.69) is 4.72 Å². The molecule has 1 N–H and O–H groups in total. The van der Waals surface area contributed by atoms with Gasteiger partial charge in [-0.25, -0.2) is 8.42 Å². The van der Waals surface area contributed by atoms with Gasteiger partial charge in [0.25, 0.3) is 10.0 Å². The Morgan fingerprint density at radius 3 is 2.15 bits per heavy atom. The molecule has 0 aliphatic rings. The van der Waals surface area contributed by atoms with E-state index in [4.69, 9.17) is 23.2 Å². The van der Waals surface area contributed by atoms with Crippen LogP contribution in [0, 0.1) is 0 Å². The molecule has 0 saturated carbocycles. The van der Waals surface area contributed by atoms with Crippen molar-refractivity contribution in [2.24, 2.45) is 0 Å². The van der Waals surface area contributed by atoms with Gasteiger partial charge in [-0.2, -0.15) is 0 Å². The maximum Gasteiger partial charge on any atom is 0.255 e. The molecule has 0 radical (unpaired) electrons. The number of halogens is 2. The van der Waals surface area contributed by atoms with Crippen molar-refractivity contribution in [3.05, 3.63) is 69.5 Å². The quantitative estimate of drug-likeness (QED) is 0.904. The number of nitrogens with one attached hydrogen (secondary N) is 1. The second kappa shape index (κ2) is 6.31. The minimum absolute atomic E-state index is 0.320. The number of sulfonamides is 1. The van der Waals surface area contributed by atoms with Crippen molar-refractivity contribution >= 4 is 45.0 Å². The first-order valence-electron chi connectivity index (χ1n) is 5.67. The average molecular weight is 328 g/mol. The number of hydrogen-bond donors (Lipinski definition) is 1. The van der Waals surface area contributed by atoms with E-state index in [-0.39, 0.29) is 0 Å². The zero-order valence-electron chi connectivity index (χ0n) is 10.3. The monoisotopic (exact) mass is 327 g/mol. The molecule has 0 aliphatic heterocycles. The topological polar surface area (TPSA) is 46.2 Å². The molecule has 0 amide bonds. The van der Waals surface area contributed by atoms with Gasteiger partial charge in [-0.15, -0.1) is 0 Å². The Hall–Kier alpha value is -1.49. The first-order chi connectivity index (χ1) is 9.44. The Bertz CT molecular complexity index is 708. The zero-order valence-corrected chi connectivity index (χ0v) is 12.6. The van der Waals surface area contributed by atoms with Gasteiger partial charge in [-0.3, -0.25) is 4.72 Å². The van der Waals surface area contributed by atoms with Crippen molar-refractivity contribution in [1.82, 2.24) is 0 Å². The van der Waals surface area contributed by atoms with Crippen LogP contribution < -0.4 is 4.72 Å². The van der Waals surface area contributed by atoms with Crippen LogP contribution in [0.1, 0.15) is 5.56 Å². The van der Waals surface area contributed by atoms with Gasteiger partial charge in [-0.05, 0) is 29.8 Å². The summed E-state index contributed by atoms with van der Waals surface area (Å²) in [5.41, 5.74) is 1.11. The third kappa shape index (κ3) is 4.56. The van der Waals surface area contributed by atoms with E-state index in [0.29, 0.717) is 15.7 Å². The maximum atomic E-state index is 11.9. The van der Waals surface area contributed by atoms with E-state index < -0.39 is 10.0 Å². The minimum atomic E-state index is -3.61. The maximum absolute atomic E-state index is 11.9. The van der Waals surface area contributed by atoms with Gasteiger partial charge in [0.05, 0.1) is 11.1 Å². The summed E-state index contributed by atoms with van der Waals surface area (Å²) in [4.78, 5) is 0. The minimum Gasteiger partial charge on any atom is -0.280 e. The van der Waals surface area contributed by atoms with Gasteiger partial charge in [-0.1, -0.05) is 53.5 Å². The molecule has 0 heterocycles. The van der Waals surface area contributed by atoms with Crippen LogP contribution in [0.25, 0.3) is 6.08 Å². The summed E-state index contributed by atoms with van der Waals surface area (Å²) in [7, 11) is -3.61. The predicted octanol–water partition coefficient (Wildman–Crippen LogP) is 4.41. The molecule has 0 aliphatic carbocycles. The summed E-state index contributed by atoms with van der Waals surface area (Å²) in [6.07, 6.45) is 1.51. The third-order valence-electron chi connectivity index (χ3n) is 2.36. The van der Waals surface area contributed by atoms with Crippen molar-refractivity contribution in [1.29, 1.82) is 0 Å². The zero-order chi connectivity index (χ0) is 14.6. The van der Waals surface area contributed by atoms with Crippen LogP contribution in [0.2, 0.25) is 10.0 Å². The number of rotatable bonds is 4. The molecule has 0 fully saturated rings. The van der Waals surface area contributed by atoms with Gasteiger partial charge in [0, 0.05) is 10.0 Å². The van der Waals surface area contributed by atoms with E-state index >= 15 is 0 Å². The molecule has 2 aromatic carbocycles. The standard InChI is InChI=1S/C14H11Cl2NO2S/c15-12-8-13(16)10-14(9-12)17-20(18,19)7-6-11-4-2-1-3-5-11/h1-10,17H/b7-6+. The van der Waals surface area contributed by atoms with Crippen LogP contribution >= 0.6 is 23.2 Å². The Balaban J connectivity index is 2.17. The fourth-order valence-electron chi connectivity index (χ4n) is 1.54. The van der Waals surface area contributed by atoms with Crippen molar-refractivity contribution < 1.29 is 8.42 Å². The van der Waals surface area contributed by atoms with Gasteiger partial charge < -0.3 is 0 Å². The molecule has 0 saturated heterocycles. The van der Waals surface area contributed by atoms with Crippen LogP contribution in [0.4, 0.5) is 5.69 Å². The molecular weight excluding hydrogens is 317 g/mol. The summed E-state index contributed by atoms with van der Waals surface area (Å²) >= 11 is 11.6. The van der Waals surface area contributed by atoms with Gasteiger partial charge in [0.1, 0.15) is 0 Å². The van der Waals surface area contributed by atoms with E-state index in [1.807, 2.05) is 30.3 Å². The van der Waals surface area contributed by atoms with Crippen molar-refractivity contribution in [3.8, 4) is 0 Å². The molecule has 0 unspecified atom stereocenters. The molecule has 6 heteroatoms. The van der Waals surface area contributed by atoms with E-state index in [1.54, 1.807) is 0 Å². The summed E-state index contributed by atoms with van der Waals surface area (Å²) in [6, 6.07) is 13.6. The van der Waals surface area contributed by atoms with Crippen molar-refractivity contribution in [2.45, 2.75) is 0 Å². The lowest BCUT2D eigenvalue weighted by molar-refractivity contribution is 0.609. The Kier molecular flexibility index (Phi) is 4.70. The highest BCUT2D eigenvalue weighted by molar-refractivity contribution is 7.95. The lowest BCUT2D eigenvalue weighted by Gasteiger charge is -2.05. The molecule has 2 rings (SSSR count). The fourth-order valence-corrected chi connectivity index (χ4v) is 2.92. The largest absolute Gasteiger partial charge is 0.280 e. The Morgan fingerprint density at radius 1 is 0.950 bits per heavy atom. The van der Waals surface area contributed by atoms with Crippen LogP contribution in [0.3, 0.4) is 0 Å². The summed E-state index contributed by atoms with van der Waals surface area (Å²) in [5, 5.41) is 1.82. The molecule has 0 atom stereocenters. The highest BCUT2D eigenvalue weighted by Gasteiger charge is 2.07. The third-order valence-corrected chi connectivity index (χ3v) is 3.81. The van der Waals surface area contributed by atoms with Crippen molar-refractivity contribution in [2.75, 3.05) is 4.72 Å². The van der Waals surface area contributed by atoms with Gasteiger partial charge in [0.15, 0.2) is 0 Å². The lowest BCUT2D eigenvalue weighted by Crippen LogP contribution is -2.08. The number of hydrogen-bond acceptors (Lipinski definition) is 2. The first-order valence-corrected chi connectivity index (χ1v) is 7.97. The SMILES string of the molecule is O=S(=O)(/C=C/c1ccccc1)Nc1cc(Cl)cc(Cl)c1. The molecule has 0 aromatic heterocycles. The number of benzene rings is 2. The van der Waals surface area contributed by atoms with Gasteiger partial charge >= 0.3 is 0 Å². The van der Waals surface area contributed by atoms with Crippen LogP contribution in [-0.2, 0) is 10.0 Å². The molecule has 0 bridgehead atoms. The summed E-state index contributed by atoms with van der Waals surface area (Å²) < 4.78 is 26.2. The predicted molar refractivity (Wildman–Crippen MR) is 84.5 cm³/mol. The molecule has 20 heavy (non-hydrogen) atoms. The first kappa shape index (κ1) is 14.9. The number of anilines is 1. The molecule has 0 spiro atoms. The van der Waals surface area contributed by atoms with E-state index in [1.165, 1.54) is 24.3 Å². The highest BCUT2D eigenvalue weighted by Crippen LogP contribution is 2.23.